The molecule has 0 aliphatic heterocycles. The fourth-order valence-corrected chi connectivity index (χ4v) is 10.9. The Balaban J connectivity index is 1.03. The number of hydrogen-bond donors (Lipinski definition) is 0. The molecule has 11 aromatic carbocycles. The Kier molecular flexibility index (Phi) is 8.93. The van der Waals surface area contributed by atoms with E-state index in [-0.39, 0.29) is 0 Å². The van der Waals surface area contributed by atoms with Crippen LogP contribution in [0, 0.1) is 0 Å². The summed E-state index contributed by atoms with van der Waals surface area (Å²) in [6.45, 7) is 0. The summed E-state index contributed by atoms with van der Waals surface area (Å²) in [7, 11) is 0. The van der Waals surface area contributed by atoms with Crippen molar-refractivity contribution in [3.05, 3.63) is 254 Å². The number of benzene rings is 11. The number of para-hydroxylation sites is 4. The maximum Gasteiger partial charge on any atom is 0.159 e. The summed E-state index contributed by atoms with van der Waals surface area (Å²) in [5.74, 6) is 0. The molecule has 0 N–H and O–H groups in total. The van der Waals surface area contributed by atoms with Gasteiger partial charge in [0, 0.05) is 43.7 Å². The number of rotatable bonds is 8. The quantitative estimate of drug-likeness (QED) is 0.142. The van der Waals surface area contributed by atoms with Crippen LogP contribution in [-0.4, -0.2) is 0 Å². The zero-order valence-electron chi connectivity index (χ0n) is 37.5. The van der Waals surface area contributed by atoms with Crippen molar-refractivity contribution < 1.29 is 8.83 Å². The zero-order valence-corrected chi connectivity index (χ0v) is 37.5. The molecular formula is C65H42N2O2. The van der Waals surface area contributed by atoms with Crippen LogP contribution in [0.2, 0.25) is 0 Å². The Labute approximate surface area is 398 Å². The minimum Gasteiger partial charge on any atom is -0.454 e. The van der Waals surface area contributed by atoms with Crippen LogP contribution in [0.5, 0.6) is 0 Å². The van der Waals surface area contributed by atoms with Crippen molar-refractivity contribution in [1.82, 2.24) is 0 Å². The van der Waals surface area contributed by atoms with E-state index in [2.05, 4.69) is 240 Å². The van der Waals surface area contributed by atoms with Crippen LogP contribution in [0.1, 0.15) is 12.0 Å². The Bertz CT molecular complexity index is 4230. The fraction of sp³-hybridized carbons (Fsp3) is 0.0154. The summed E-state index contributed by atoms with van der Waals surface area (Å²) in [6, 6.07) is 78.3. The fourth-order valence-electron chi connectivity index (χ4n) is 10.9. The molecule has 4 heteroatoms. The summed E-state index contributed by atoms with van der Waals surface area (Å²) in [6.07, 6.45) is 10.00. The van der Waals surface area contributed by atoms with Crippen molar-refractivity contribution in [2.45, 2.75) is 6.42 Å². The van der Waals surface area contributed by atoms with E-state index >= 15 is 0 Å². The normalized spacial score (nSPS) is 13.0. The van der Waals surface area contributed by atoms with Crippen LogP contribution in [-0.2, 0) is 0 Å². The maximum atomic E-state index is 6.84. The van der Waals surface area contributed by atoms with Crippen LogP contribution in [0.3, 0.4) is 0 Å². The monoisotopic (exact) mass is 882 g/mol. The maximum absolute atomic E-state index is 6.84. The number of nitrogens with zero attached hydrogens (tertiary/aromatic N) is 2. The van der Waals surface area contributed by atoms with Gasteiger partial charge in [0.05, 0.1) is 22.7 Å². The highest BCUT2D eigenvalue weighted by molar-refractivity contribution is 6.28. The minimum atomic E-state index is 0.820. The van der Waals surface area contributed by atoms with Gasteiger partial charge in [0.2, 0.25) is 0 Å². The average Bonchev–Trinajstić information content (AvgIpc) is 3.90. The van der Waals surface area contributed by atoms with Gasteiger partial charge in [-0.05, 0) is 111 Å². The Morgan fingerprint density at radius 3 is 1.51 bits per heavy atom. The van der Waals surface area contributed by atoms with Gasteiger partial charge >= 0.3 is 0 Å². The predicted octanol–water partition coefficient (Wildman–Crippen LogP) is 18.6. The first-order valence-corrected chi connectivity index (χ1v) is 23.6. The number of hydrogen-bond acceptors (Lipinski definition) is 4. The molecule has 2 aromatic heterocycles. The van der Waals surface area contributed by atoms with Crippen LogP contribution in [0.25, 0.3) is 92.9 Å². The van der Waals surface area contributed by atoms with Gasteiger partial charge in [-0.2, -0.15) is 0 Å². The largest absolute Gasteiger partial charge is 0.454 e. The molecule has 1 aliphatic rings. The van der Waals surface area contributed by atoms with Crippen molar-refractivity contribution in [3.8, 4) is 11.1 Å². The molecular weight excluding hydrogens is 841 g/mol. The third-order valence-electron chi connectivity index (χ3n) is 14.0. The van der Waals surface area contributed by atoms with Crippen LogP contribution < -0.4 is 9.80 Å². The average molecular weight is 883 g/mol. The Morgan fingerprint density at radius 2 is 0.870 bits per heavy atom. The molecule has 0 spiro atoms. The molecule has 0 amide bonds. The van der Waals surface area contributed by atoms with Crippen LogP contribution in [0.15, 0.2) is 257 Å². The number of allylic oxidation sites excluding steroid dienone is 5. The smallest absolute Gasteiger partial charge is 0.159 e. The van der Waals surface area contributed by atoms with E-state index in [0.29, 0.717) is 0 Å². The molecule has 0 bridgehead atoms. The van der Waals surface area contributed by atoms with Crippen molar-refractivity contribution in [3.63, 3.8) is 0 Å². The summed E-state index contributed by atoms with van der Waals surface area (Å²) in [5.41, 5.74) is 14.3. The standard InChI is InChI=1S/C65H42N2O2/c1-3-16-42(17-4-1)46-20-7-8-22-48(40-46)66(58-28-14-26-52-50-24-9-11-30-60(50)68-64(52)58)56-38-34-44-33-37-55-57(39-35-45-32-36-54(56)62(44)63(45)55)67(49-23-13-21-47(41-49)43-18-5-2-6-19-43)59-29-15-27-53-51-25-10-12-31-61(51)69-65(53)59/h1-6,8-41H,7H2. The van der Waals surface area contributed by atoms with Crippen molar-refractivity contribution in [2.24, 2.45) is 0 Å². The van der Waals surface area contributed by atoms with Gasteiger partial charge in [-0.15, -0.1) is 0 Å². The van der Waals surface area contributed by atoms with Gasteiger partial charge in [-0.25, -0.2) is 0 Å². The van der Waals surface area contributed by atoms with E-state index in [0.717, 1.165) is 106 Å². The van der Waals surface area contributed by atoms with Crippen molar-refractivity contribution in [1.29, 1.82) is 0 Å². The molecule has 0 saturated heterocycles. The van der Waals surface area contributed by atoms with E-state index in [1.54, 1.807) is 0 Å². The van der Waals surface area contributed by atoms with Gasteiger partial charge in [-0.1, -0.05) is 182 Å². The molecule has 14 rings (SSSR count). The van der Waals surface area contributed by atoms with E-state index in [1.807, 2.05) is 12.1 Å². The molecule has 0 unspecified atom stereocenters. The highest BCUT2D eigenvalue weighted by atomic mass is 16.3. The second-order valence-corrected chi connectivity index (χ2v) is 17.9. The molecule has 4 nitrogen and oxygen atoms in total. The second kappa shape index (κ2) is 15.8. The molecule has 2 heterocycles. The SMILES string of the molecule is C1=CC(N(c2ccc3ccc4c(N(c5cccc(-c6ccccc6)c5)c5cccc6c5oc5ccccc56)ccc5ccc2c3c54)c2cccc3c2oc2ccccc23)=CC(c2ccccc2)=CC1. The van der Waals surface area contributed by atoms with Crippen molar-refractivity contribution >= 4 is 110 Å². The van der Waals surface area contributed by atoms with Gasteiger partial charge in [-0.3, -0.25) is 0 Å². The summed E-state index contributed by atoms with van der Waals surface area (Å²) in [5, 5.41) is 11.4. The topological polar surface area (TPSA) is 32.8 Å². The van der Waals surface area contributed by atoms with Gasteiger partial charge in [0.1, 0.15) is 11.2 Å². The Morgan fingerprint density at radius 1 is 0.362 bits per heavy atom. The van der Waals surface area contributed by atoms with Crippen molar-refractivity contribution in [2.75, 3.05) is 9.80 Å². The third-order valence-corrected chi connectivity index (χ3v) is 14.0. The first kappa shape index (κ1) is 39.1. The lowest BCUT2D eigenvalue weighted by Crippen LogP contribution is -2.16. The highest BCUT2D eigenvalue weighted by Crippen LogP contribution is 2.50. The first-order chi connectivity index (χ1) is 34.2. The molecule has 69 heavy (non-hydrogen) atoms. The number of fused-ring (bicyclic) bond motifs is 6. The molecule has 1 aliphatic carbocycles. The second-order valence-electron chi connectivity index (χ2n) is 17.9. The zero-order chi connectivity index (χ0) is 45.4. The lowest BCUT2D eigenvalue weighted by Gasteiger charge is -2.30. The number of anilines is 5. The van der Waals surface area contributed by atoms with E-state index in [9.17, 15) is 0 Å². The summed E-state index contributed by atoms with van der Waals surface area (Å²) in [4.78, 5) is 4.82. The van der Waals surface area contributed by atoms with Gasteiger partial charge < -0.3 is 18.6 Å². The van der Waals surface area contributed by atoms with Gasteiger partial charge in [0.15, 0.2) is 11.2 Å². The first-order valence-electron chi connectivity index (χ1n) is 23.6. The summed E-state index contributed by atoms with van der Waals surface area (Å²) >= 11 is 0. The molecule has 324 valence electrons. The van der Waals surface area contributed by atoms with E-state index in [4.69, 9.17) is 8.83 Å². The molecule has 13 aromatic rings. The molecule has 0 fully saturated rings. The number of furan rings is 2. The molecule has 0 saturated carbocycles. The van der Waals surface area contributed by atoms with E-state index < -0.39 is 0 Å². The lowest BCUT2D eigenvalue weighted by atomic mass is 9.91. The highest BCUT2D eigenvalue weighted by Gasteiger charge is 2.26. The molecule has 0 radical (unpaired) electrons. The van der Waals surface area contributed by atoms with Crippen LogP contribution in [0.4, 0.5) is 28.4 Å². The predicted molar refractivity (Wildman–Crippen MR) is 290 cm³/mol. The van der Waals surface area contributed by atoms with Gasteiger partial charge in [0.25, 0.3) is 0 Å². The lowest BCUT2D eigenvalue weighted by molar-refractivity contribution is 0.668. The minimum absolute atomic E-state index is 0.820. The summed E-state index contributed by atoms with van der Waals surface area (Å²) < 4.78 is 13.7. The van der Waals surface area contributed by atoms with Crippen LogP contribution >= 0.6 is 0 Å². The third kappa shape index (κ3) is 6.30. The van der Waals surface area contributed by atoms with E-state index in [1.165, 1.54) is 32.7 Å². The Hall–Kier alpha value is -9.12. The molecule has 0 atom stereocenters.